The highest BCUT2D eigenvalue weighted by Crippen LogP contribution is 2.13. The van der Waals surface area contributed by atoms with Gasteiger partial charge in [-0.2, -0.15) is 4.31 Å². The second-order valence-electron chi connectivity index (χ2n) is 5.54. The van der Waals surface area contributed by atoms with E-state index in [2.05, 4.69) is 0 Å². The van der Waals surface area contributed by atoms with E-state index in [4.69, 9.17) is 9.84 Å². The van der Waals surface area contributed by atoms with Crippen LogP contribution in [-0.2, 0) is 24.3 Å². The number of hydrogen-bond acceptors (Lipinski definition) is 5. The number of ether oxygens (including phenoxy) is 1. The summed E-state index contributed by atoms with van der Waals surface area (Å²) in [6.07, 6.45) is 1.17. The van der Waals surface area contributed by atoms with Gasteiger partial charge >= 0.3 is 5.97 Å². The van der Waals surface area contributed by atoms with Crippen LogP contribution in [0.15, 0.2) is 0 Å². The van der Waals surface area contributed by atoms with Crippen LogP contribution in [0.1, 0.15) is 20.3 Å². The highest BCUT2D eigenvalue weighted by Gasteiger charge is 2.30. The minimum absolute atomic E-state index is 0.0138. The lowest BCUT2D eigenvalue weighted by atomic mass is 10.1. The van der Waals surface area contributed by atoms with Crippen LogP contribution in [0, 0.1) is 5.92 Å². The molecule has 1 amide bonds. The standard InChI is InChI=1S/C13H24N2O6S/c1-4-10(2)13(18)14-5-6-21-11(7-14)8-15(9-12(16)17)22(3,19)20/h10-11H,4-9H2,1-3H3,(H,16,17). The maximum absolute atomic E-state index is 12.2. The summed E-state index contributed by atoms with van der Waals surface area (Å²) in [5.74, 6) is -1.31. The third kappa shape index (κ3) is 5.54. The first kappa shape index (κ1) is 18.9. The lowest BCUT2D eigenvalue weighted by molar-refractivity contribution is -0.144. The summed E-state index contributed by atoms with van der Waals surface area (Å²) < 4.78 is 29.6. The van der Waals surface area contributed by atoms with Gasteiger partial charge in [-0.15, -0.1) is 0 Å². The topological polar surface area (TPSA) is 104 Å². The fraction of sp³-hybridized carbons (Fsp3) is 0.846. The van der Waals surface area contributed by atoms with Crippen LogP contribution < -0.4 is 0 Å². The first-order chi connectivity index (χ1) is 10.1. The molecule has 2 atom stereocenters. The van der Waals surface area contributed by atoms with Crippen LogP contribution in [0.4, 0.5) is 0 Å². The van der Waals surface area contributed by atoms with Crippen molar-refractivity contribution in [3.8, 4) is 0 Å². The molecular formula is C13H24N2O6S. The Bertz CT molecular complexity index is 507. The number of sulfonamides is 1. The van der Waals surface area contributed by atoms with Crippen LogP contribution in [0.5, 0.6) is 0 Å². The van der Waals surface area contributed by atoms with E-state index in [0.717, 1.165) is 17.0 Å². The van der Waals surface area contributed by atoms with Gasteiger partial charge in [-0.3, -0.25) is 9.59 Å². The lowest BCUT2D eigenvalue weighted by Crippen LogP contribution is -2.52. The molecule has 9 heteroatoms. The molecule has 0 aromatic heterocycles. The Hall–Kier alpha value is -1.19. The molecule has 22 heavy (non-hydrogen) atoms. The summed E-state index contributed by atoms with van der Waals surface area (Å²) >= 11 is 0. The minimum atomic E-state index is -3.65. The van der Waals surface area contributed by atoms with Crippen molar-refractivity contribution in [2.75, 3.05) is 39.0 Å². The molecule has 0 aromatic carbocycles. The second kappa shape index (κ2) is 7.89. The number of nitrogens with zero attached hydrogens (tertiary/aromatic N) is 2. The van der Waals surface area contributed by atoms with Gasteiger partial charge in [-0.1, -0.05) is 13.8 Å². The lowest BCUT2D eigenvalue weighted by Gasteiger charge is -2.36. The van der Waals surface area contributed by atoms with E-state index in [-0.39, 0.29) is 24.9 Å². The zero-order valence-electron chi connectivity index (χ0n) is 13.2. The molecule has 128 valence electrons. The quantitative estimate of drug-likeness (QED) is 0.679. The zero-order valence-corrected chi connectivity index (χ0v) is 14.0. The summed E-state index contributed by atoms with van der Waals surface area (Å²) in [7, 11) is -3.65. The fourth-order valence-corrected chi connectivity index (χ4v) is 2.99. The Labute approximate surface area is 131 Å². The average molecular weight is 336 g/mol. The fourth-order valence-electron chi connectivity index (χ4n) is 2.21. The molecule has 2 unspecified atom stereocenters. The summed E-state index contributed by atoms with van der Waals surface area (Å²) in [6, 6.07) is 0. The van der Waals surface area contributed by atoms with E-state index < -0.39 is 28.6 Å². The van der Waals surface area contributed by atoms with Gasteiger partial charge in [-0.25, -0.2) is 8.42 Å². The molecule has 0 aliphatic carbocycles. The van der Waals surface area contributed by atoms with Gasteiger partial charge in [0, 0.05) is 25.6 Å². The second-order valence-corrected chi connectivity index (χ2v) is 7.52. The molecule has 0 radical (unpaired) electrons. The van der Waals surface area contributed by atoms with Crippen molar-refractivity contribution in [3.05, 3.63) is 0 Å². The molecule has 1 aliphatic rings. The first-order valence-electron chi connectivity index (χ1n) is 7.22. The van der Waals surface area contributed by atoms with E-state index in [0.29, 0.717) is 13.2 Å². The molecule has 0 saturated carbocycles. The molecule has 1 heterocycles. The number of aliphatic carboxylic acids is 1. The Kier molecular flexibility index (Phi) is 6.76. The van der Waals surface area contributed by atoms with Crippen molar-refractivity contribution in [2.24, 2.45) is 5.92 Å². The maximum Gasteiger partial charge on any atom is 0.318 e. The minimum Gasteiger partial charge on any atom is -0.480 e. The molecular weight excluding hydrogens is 312 g/mol. The Morgan fingerprint density at radius 1 is 1.45 bits per heavy atom. The van der Waals surface area contributed by atoms with Crippen LogP contribution in [0.3, 0.4) is 0 Å². The summed E-state index contributed by atoms with van der Waals surface area (Å²) in [5, 5.41) is 8.81. The maximum atomic E-state index is 12.2. The van der Waals surface area contributed by atoms with Gasteiger partial charge in [-0.05, 0) is 6.42 Å². The third-order valence-electron chi connectivity index (χ3n) is 3.67. The van der Waals surface area contributed by atoms with Crippen LogP contribution in [0.2, 0.25) is 0 Å². The number of amides is 1. The molecule has 1 fully saturated rings. The van der Waals surface area contributed by atoms with Crippen LogP contribution in [-0.4, -0.2) is 79.8 Å². The van der Waals surface area contributed by atoms with Gasteiger partial charge in [0.1, 0.15) is 6.54 Å². The van der Waals surface area contributed by atoms with Gasteiger partial charge in [0.25, 0.3) is 0 Å². The monoisotopic (exact) mass is 336 g/mol. The van der Waals surface area contributed by atoms with Crippen LogP contribution in [0.25, 0.3) is 0 Å². The Balaban J connectivity index is 2.71. The number of morpholine rings is 1. The van der Waals surface area contributed by atoms with Crippen molar-refractivity contribution in [2.45, 2.75) is 26.4 Å². The van der Waals surface area contributed by atoms with Gasteiger partial charge in [0.2, 0.25) is 15.9 Å². The smallest absolute Gasteiger partial charge is 0.318 e. The van der Waals surface area contributed by atoms with Gasteiger partial charge < -0.3 is 14.7 Å². The van der Waals surface area contributed by atoms with Crippen molar-refractivity contribution in [1.29, 1.82) is 0 Å². The number of carbonyl (C=O) groups is 2. The average Bonchev–Trinajstić information content (AvgIpc) is 2.44. The zero-order chi connectivity index (χ0) is 16.9. The van der Waals surface area contributed by atoms with Crippen molar-refractivity contribution < 1.29 is 27.9 Å². The molecule has 1 N–H and O–H groups in total. The molecule has 0 spiro atoms. The molecule has 8 nitrogen and oxygen atoms in total. The van der Waals surface area contributed by atoms with E-state index in [1.807, 2.05) is 13.8 Å². The number of hydrogen-bond donors (Lipinski definition) is 1. The van der Waals surface area contributed by atoms with E-state index in [9.17, 15) is 18.0 Å². The SMILES string of the molecule is CCC(C)C(=O)N1CCOC(CN(CC(=O)O)S(C)(=O)=O)C1. The molecule has 1 rings (SSSR count). The van der Waals surface area contributed by atoms with Crippen molar-refractivity contribution >= 4 is 21.9 Å². The van der Waals surface area contributed by atoms with E-state index in [1.54, 1.807) is 4.90 Å². The summed E-state index contributed by atoms with van der Waals surface area (Å²) in [4.78, 5) is 24.6. The van der Waals surface area contributed by atoms with Crippen LogP contribution >= 0.6 is 0 Å². The largest absolute Gasteiger partial charge is 0.480 e. The van der Waals surface area contributed by atoms with E-state index in [1.165, 1.54) is 0 Å². The number of carbonyl (C=O) groups excluding carboxylic acids is 1. The summed E-state index contributed by atoms with van der Waals surface area (Å²) in [5.41, 5.74) is 0. The molecule has 0 bridgehead atoms. The predicted molar refractivity (Wildman–Crippen MR) is 79.8 cm³/mol. The number of rotatable bonds is 7. The Morgan fingerprint density at radius 2 is 2.09 bits per heavy atom. The van der Waals surface area contributed by atoms with Crippen molar-refractivity contribution in [3.63, 3.8) is 0 Å². The normalized spacial score (nSPS) is 20.9. The molecule has 1 saturated heterocycles. The predicted octanol–water partition coefficient (Wildman–Crippen LogP) is -0.394. The molecule has 0 aromatic rings. The third-order valence-corrected chi connectivity index (χ3v) is 4.89. The highest BCUT2D eigenvalue weighted by molar-refractivity contribution is 7.88. The Morgan fingerprint density at radius 3 is 2.59 bits per heavy atom. The number of carboxylic acids is 1. The molecule has 1 aliphatic heterocycles. The highest BCUT2D eigenvalue weighted by atomic mass is 32.2. The first-order valence-corrected chi connectivity index (χ1v) is 9.07. The van der Waals surface area contributed by atoms with Crippen molar-refractivity contribution in [1.82, 2.24) is 9.21 Å². The summed E-state index contributed by atoms with van der Waals surface area (Å²) in [6.45, 7) is 4.15. The van der Waals surface area contributed by atoms with Gasteiger partial charge in [0.05, 0.1) is 19.0 Å². The van der Waals surface area contributed by atoms with E-state index >= 15 is 0 Å². The van der Waals surface area contributed by atoms with Gasteiger partial charge in [0.15, 0.2) is 0 Å². The number of carboxylic acid groups (broad SMARTS) is 1.